The molecule has 1 rings (SSSR count). The molecule has 106 valence electrons. The Bertz CT molecular complexity index is 422. The monoisotopic (exact) mass is 285 g/mol. The Morgan fingerprint density at radius 3 is 2.63 bits per heavy atom. The molecule has 0 saturated heterocycles. The second kappa shape index (κ2) is 6.56. The Morgan fingerprint density at radius 1 is 1.47 bits per heavy atom. The van der Waals surface area contributed by atoms with Gasteiger partial charge in [-0.3, -0.25) is 4.79 Å². The SMILES string of the molecule is CC(C)(C)OC(=O)NC(CCC(=O)O)c1cccs1. The van der Waals surface area contributed by atoms with Gasteiger partial charge in [0.2, 0.25) is 0 Å². The number of hydrogen-bond acceptors (Lipinski definition) is 4. The van der Waals surface area contributed by atoms with Crippen LogP contribution in [-0.2, 0) is 9.53 Å². The van der Waals surface area contributed by atoms with Crippen molar-refractivity contribution in [3.05, 3.63) is 22.4 Å². The van der Waals surface area contributed by atoms with Gasteiger partial charge in [0.05, 0.1) is 6.04 Å². The van der Waals surface area contributed by atoms with Crippen molar-refractivity contribution in [1.82, 2.24) is 5.32 Å². The number of aliphatic carboxylic acids is 1. The van der Waals surface area contributed by atoms with Gasteiger partial charge in [-0.15, -0.1) is 11.3 Å². The molecule has 1 atom stereocenters. The molecule has 0 saturated carbocycles. The number of carbonyl (C=O) groups is 2. The number of hydrogen-bond donors (Lipinski definition) is 2. The van der Waals surface area contributed by atoms with Crippen molar-refractivity contribution < 1.29 is 19.4 Å². The Morgan fingerprint density at radius 2 is 2.16 bits per heavy atom. The molecule has 1 heterocycles. The fourth-order valence-corrected chi connectivity index (χ4v) is 2.31. The number of ether oxygens (including phenoxy) is 1. The molecule has 19 heavy (non-hydrogen) atoms. The van der Waals surface area contributed by atoms with Gasteiger partial charge < -0.3 is 15.2 Å². The van der Waals surface area contributed by atoms with E-state index >= 15 is 0 Å². The van der Waals surface area contributed by atoms with Crippen LogP contribution in [0.15, 0.2) is 17.5 Å². The molecule has 0 aliphatic carbocycles. The van der Waals surface area contributed by atoms with Crippen LogP contribution in [0.2, 0.25) is 0 Å². The maximum absolute atomic E-state index is 11.7. The van der Waals surface area contributed by atoms with Crippen molar-refractivity contribution in [2.45, 2.75) is 45.3 Å². The van der Waals surface area contributed by atoms with Crippen LogP contribution >= 0.6 is 11.3 Å². The topological polar surface area (TPSA) is 75.6 Å². The maximum atomic E-state index is 11.7. The van der Waals surface area contributed by atoms with Gasteiger partial charge in [0, 0.05) is 11.3 Å². The second-order valence-corrected chi connectivity index (χ2v) is 6.13. The first-order valence-corrected chi connectivity index (χ1v) is 6.90. The number of carboxylic acids is 1. The van der Waals surface area contributed by atoms with E-state index < -0.39 is 17.7 Å². The highest BCUT2D eigenvalue weighted by atomic mass is 32.1. The highest BCUT2D eigenvalue weighted by molar-refractivity contribution is 7.10. The van der Waals surface area contributed by atoms with Crippen molar-refractivity contribution in [3.63, 3.8) is 0 Å². The van der Waals surface area contributed by atoms with E-state index in [1.807, 2.05) is 17.5 Å². The van der Waals surface area contributed by atoms with Crippen LogP contribution in [0, 0.1) is 0 Å². The number of carboxylic acid groups (broad SMARTS) is 1. The van der Waals surface area contributed by atoms with Crippen LogP contribution in [0.5, 0.6) is 0 Å². The summed E-state index contributed by atoms with van der Waals surface area (Å²) in [4.78, 5) is 23.3. The standard InChI is InChI=1S/C13H19NO4S/c1-13(2,3)18-12(17)14-9(6-7-11(15)16)10-5-4-8-19-10/h4-5,8-9H,6-7H2,1-3H3,(H,14,17)(H,15,16). The largest absolute Gasteiger partial charge is 0.481 e. The van der Waals surface area contributed by atoms with Gasteiger partial charge >= 0.3 is 12.1 Å². The molecule has 1 unspecified atom stereocenters. The summed E-state index contributed by atoms with van der Waals surface area (Å²) < 4.78 is 5.18. The van der Waals surface area contributed by atoms with Gasteiger partial charge in [-0.05, 0) is 38.6 Å². The first kappa shape index (κ1) is 15.5. The van der Waals surface area contributed by atoms with E-state index in [1.165, 1.54) is 11.3 Å². The number of nitrogens with one attached hydrogen (secondary N) is 1. The van der Waals surface area contributed by atoms with Crippen molar-refractivity contribution in [2.24, 2.45) is 0 Å². The lowest BCUT2D eigenvalue weighted by atomic mass is 10.1. The van der Waals surface area contributed by atoms with E-state index in [9.17, 15) is 9.59 Å². The summed E-state index contributed by atoms with van der Waals surface area (Å²) in [6.45, 7) is 5.35. The molecular weight excluding hydrogens is 266 g/mol. The molecular formula is C13H19NO4S. The molecule has 0 spiro atoms. The lowest BCUT2D eigenvalue weighted by Crippen LogP contribution is -2.35. The highest BCUT2D eigenvalue weighted by Gasteiger charge is 2.21. The quantitative estimate of drug-likeness (QED) is 0.871. The third-order valence-electron chi connectivity index (χ3n) is 2.22. The van der Waals surface area contributed by atoms with E-state index in [-0.39, 0.29) is 12.5 Å². The summed E-state index contributed by atoms with van der Waals surface area (Å²) in [6.07, 6.45) is -0.190. The van der Waals surface area contributed by atoms with Gasteiger partial charge in [0.1, 0.15) is 5.60 Å². The smallest absolute Gasteiger partial charge is 0.408 e. The van der Waals surface area contributed by atoms with Gasteiger partial charge in [-0.25, -0.2) is 4.79 Å². The third-order valence-corrected chi connectivity index (χ3v) is 3.21. The van der Waals surface area contributed by atoms with Crippen LogP contribution in [0.25, 0.3) is 0 Å². The average molecular weight is 285 g/mol. The lowest BCUT2D eigenvalue weighted by Gasteiger charge is -2.23. The van der Waals surface area contributed by atoms with Crippen molar-refractivity contribution in [3.8, 4) is 0 Å². The Hall–Kier alpha value is -1.56. The van der Waals surface area contributed by atoms with E-state index in [0.717, 1.165) is 4.88 Å². The van der Waals surface area contributed by atoms with E-state index in [0.29, 0.717) is 6.42 Å². The minimum Gasteiger partial charge on any atom is -0.481 e. The van der Waals surface area contributed by atoms with E-state index in [4.69, 9.17) is 9.84 Å². The fourth-order valence-electron chi connectivity index (χ4n) is 1.49. The molecule has 5 nitrogen and oxygen atoms in total. The number of carbonyl (C=O) groups excluding carboxylic acids is 1. The van der Waals surface area contributed by atoms with Gasteiger partial charge in [-0.1, -0.05) is 6.07 Å². The molecule has 6 heteroatoms. The molecule has 0 aliphatic rings. The summed E-state index contributed by atoms with van der Waals surface area (Å²) in [5.74, 6) is -0.882. The molecule has 0 aromatic carbocycles. The maximum Gasteiger partial charge on any atom is 0.408 e. The van der Waals surface area contributed by atoms with Crippen molar-refractivity contribution in [1.29, 1.82) is 0 Å². The molecule has 1 amide bonds. The molecule has 1 aromatic heterocycles. The summed E-state index contributed by atoms with van der Waals surface area (Å²) in [6, 6.07) is 3.41. The zero-order valence-electron chi connectivity index (χ0n) is 11.3. The van der Waals surface area contributed by atoms with Crippen molar-refractivity contribution in [2.75, 3.05) is 0 Å². The number of rotatable bonds is 5. The summed E-state index contributed by atoms with van der Waals surface area (Å²) in [7, 11) is 0. The van der Waals surface area contributed by atoms with Crippen LogP contribution in [0.3, 0.4) is 0 Å². The third kappa shape index (κ3) is 6.24. The zero-order chi connectivity index (χ0) is 14.5. The minimum atomic E-state index is -0.882. The highest BCUT2D eigenvalue weighted by Crippen LogP contribution is 2.23. The molecule has 0 bridgehead atoms. The van der Waals surface area contributed by atoms with Crippen LogP contribution in [-0.4, -0.2) is 22.8 Å². The number of amides is 1. The van der Waals surface area contributed by atoms with E-state index in [1.54, 1.807) is 20.8 Å². The Labute approximate surface area is 116 Å². The van der Waals surface area contributed by atoms with E-state index in [2.05, 4.69) is 5.32 Å². The molecule has 0 aliphatic heterocycles. The predicted octanol–water partition coefficient (Wildman–Crippen LogP) is 3.18. The molecule has 0 fully saturated rings. The second-order valence-electron chi connectivity index (χ2n) is 5.15. The van der Waals surface area contributed by atoms with Gasteiger partial charge in [0.25, 0.3) is 0 Å². The summed E-state index contributed by atoms with van der Waals surface area (Å²) >= 11 is 1.48. The van der Waals surface area contributed by atoms with Gasteiger partial charge in [-0.2, -0.15) is 0 Å². The summed E-state index contributed by atoms with van der Waals surface area (Å²) in [5.41, 5.74) is -0.573. The van der Waals surface area contributed by atoms with Gasteiger partial charge in [0.15, 0.2) is 0 Å². The fraction of sp³-hybridized carbons (Fsp3) is 0.538. The Balaban J connectivity index is 2.64. The van der Waals surface area contributed by atoms with Crippen LogP contribution in [0.4, 0.5) is 4.79 Å². The van der Waals surface area contributed by atoms with Crippen LogP contribution < -0.4 is 5.32 Å². The lowest BCUT2D eigenvalue weighted by molar-refractivity contribution is -0.137. The predicted molar refractivity (Wildman–Crippen MR) is 73.3 cm³/mol. The Kier molecular flexibility index (Phi) is 5.35. The average Bonchev–Trinajstić information content (AvgIpc) is 2.74. The number of alkyl carbamates (subject to hydrolysis) is 1. The zero-order valence-corrected chi connectivity index (χ0v) is 12.1. The first-order valence-electron chi connectivity index (χ1n) is 6.02. The minimum absolute atomic E-state index is 0.00162. The van der Waals surface area contributed by atoms with Crippen LogP contribution in [0.1, 0.15) is 44.5 Å². The molecule has 0 radical (unpaired) electrons. The first-order chi connectivity index (χ1) is 8.78. The summed E-state index contributed by atoms with van der Waals surface area (Å²) in [5, 5.41) is 13.3. The molecule has 2 N–H and O–H groups in total. The number of thiophene rings is 1. The normalized spacial score (nSPS) is 12.8. The molecule has 1 aromatic rings. The van der Waals surface area contributed by atoms with Crippen molar-refractivity contribution >= 4 is 23.4 Å².